The number of Topliss-reactive ketones (excluding diaryl/α,β-unsaturated/α-hetero) is 1. The summed E-state index contributed by atoms with van der Waals surface area (Å²) in [5.74, 6) is 0.0594. The van der Waals surface area contributed by atoms with Crippen LogP contribution in [0.15, 0.2) is 23.5 Å². The van der Waals surface area contributed by atoms with Gasteiger partial charge >= 0.3 is 0 Å². The Labute approximate surface area is 104 Å². The number of rotatable bonds is 3. The molecule has 0 amide bonds. The highest BCUT2D eigenvalue weighted by atomic mass is 32.2. The smallest absolute Gasteiger partial charge is 0.187 e. The molecule has 0 radical (unpaired) electrons. The second-order valence-electron chi connectivity index (χ2n) is 3.71. The topological polar surface area (TPSA) is 58.6 Å². The molecule has 0 aliphatic heterocycles. The van der Waals surface area contributed by atoms with Crippen LogP contribution in [-0.2, 0) is 0 Å². The molecule has 0 atom stereocenters. The van der Waals surface area contributed by atoms with Crippen molar-refractivity contribution in [2.24, 2.45) is 0 Å². The molecule has 2 aromatic heterocycles. The van der Waals surface area contributed by atoms with Gasteiger partial charge in [0.15, 0.2) is 10.9 Å². The molecule has 0 aliphatic rings. The van der Waals surface area contributed by atoms with Gasteiger partial charge in [0.1, 0.15) is 0 Å². The minimum Gasteiger partial charge on any atom is -0.357 e. The largest absolute Gasteiger partial charge is 0.357 e. The van der Waals surface area contributed by atoms with Crippen molar-refractivity contribution in [2.75, 3.05) is 6.26 Å². The number of thioether (sulfide) groups is 1. The molecular formula is C12H13N3OS. The summed E-state index contributed by atoms with van der Waals surface area (Å²) in [4.78, 5) is 23.1. The number of carbonyl (C=O) groups excluding carboxylic acids is 1. The van der Waals surface area contributed by atoms with Crippen molar-refractivity contribution in [1.29, 1.82) is 0 Å². The highest BCUT2D eigenvalue weighted by Gasteiger charge is 2.11. The molecule has 0 spiro atoms. The average Bonchev–Trinajstić information content (AvgIpc) is 2.71. The summed E-state index contributed by atoms with van der Waals surface area (Å²) in [7, 11) is 0. The second-order valence-corrected chi connectivity index (χ2v) is 4.48. The molecule has 2 rings (SSSR count). The third kappa shape index (κ3) is 2.39. The average molecular weight is 247 g/mol. The highest BCUT2D eigenvalue weighted by Crippen LogP contribution is 2.21. The third-order valence-corrected chi connectivity index (χ3v) is 3.05. The van der Waals surface area contributed by atoms with Crippen molar-refractivity contribution in [1.82, 2.24) is 15.0 Å². The van der Waals surface area contributed by atoms with E-state index in [1.54, 1.807) is 13.1 Å². The van der Waals surface area contributed by atoms with Crippen molar-refractivity contribution in [3.8, 4) is 11.4 Å². The summed E-state index contributed by atoms with van der Waals surface area (Å²) in [5.41, 5.74) is 3.24. The molecule has 5 heteroatoms. The second kappa shape index (κ2) is 4.71. The maximum Gasteiger partial charge on any atom is 0.187 e. The van der Waals surface area contributed by atoms with Crippen molar-refractivity contribution < 1.29 is 4.79 Å². The van der Waals surface area contributed by atoms with E-state index >= 15 is 0 Å². The number of aromatic amines is 1. The minimum absolute atomic E-state index is 0.0594. The van der Waals surface area contributed by atoms with Crippen LogP contribution in [0, 0.1) is 6.92 Å². The first-order valence-corrected chi connectivity index (χ1v) is 6.42. The van der Waals surface area contributed by atoms with Gasteiger partial charge in [-0.25, -0.2) is 9.97 Å². The van der Waals surface area contributed by atoms with Gasteiger partial charge in [-0.05, 0) is 32.2 Å². The normalized spacial score (nSPS) is 10.5. The van der Waals surface area contributed by atoms with Crippen LogP contribution in [0.1, 0.15) is 23.0 Å². The lowest BCUT2D eigenvalue weighted by atomic mass is 10.2. The van der Waals surface area contributed by atoms with Crippen molar-refractivity contribution in [3.05, 3.63) is 29.6 Å². The van der Waals surface area contributed by atoms with Gasteiger partial charge in [0.05, 0.1) is 11.4 Å². The molecule has 88 valence electrons. The molecule has 0 aromatic carbocycles. The summed E-state index contributed by atoms with van der Waals surface area (Å²) in [6, 6.07) is 3.67. The van der Waals surface area contributed by atoms with Crippen LogP contribution in [0.4, 0.5) is 0 Å². The summed E-state index contributed by atoms with van der Waals surface area (Å²) >= 11 is 1.49. The van der Waals surface area contributed by atoms with E-state index < -0.39 is 0 Å². The Morgan fingerprint density at radius 2 is 2.24 bits per heavy atom. The number of carbonyl (C=O) groups is 1. The maximum absolute atomic E-state index is 11.4. The van der Waals surface area contributed by atoms with Gasteiger partial charge in [0.25, 0.3) is 0 Å². The van der Waals surface area contributed by atoms with E-state index in [-0.39, 0.29) is 5.78 Å². The Hall–Kier alpha value is -1.62. The van der Waals surface area contributed by atoms with E-state index in [0.29, 0.717) is 5.56 Å². The van der Waals surface area contributed by atoms with Crippen molar-refractivity contribution in [2.45, 2.75) is 19.0 Å². The predicted molar refractivity (Wildman–Crippen MR) is 68.3 cm³/mol. The molecule has 0 fully saturated rings. The minimum atomic E-state index is 0.0594. The fourth-order valence-electron chi connectivity index (χ4n) is 1.65. The first-order valence-electron chi connectivity index (χ1n) is 5.19. The van der Waals surface area contributed by atoms with E-state index in [2.05, 4.69) is 15.0 Å². The molecule has 2 heterocycles. The maximum atomic E-state index is 11.4. The van der Waals surface area contributed by atoms with Gasteiger partial charge in [0.2, 0.25) is 0 Å². The van der Waals surface area contributed by atoms with Crippen LogP contribution >= 0.6 is 11.8 Å². The lowest BCUT2D eigenvalue weighted by Gasteiger charge is -1.98. The number of nitrogens with one attached hydrogen (secondary N) is 1. The van der Waals surface area contributed by atoms with Gasteiger partial charge in [-0.3, -0.25) is 4.79 Å². The predicted octanol–water partition coefficient (Wildman–Crippen LogP) is 2.70. The highest BCUT2D eigenvalue weighted by molar-refractivity contribution is 7.98. The standard InChI is InChI=1S/C12H13N3OS/c1-7-9(8(2)16)6-11(14-7)10-4-5-13-12(15-10)17-3/h4-6,14H,1-3H3. The Morgan fingerprint density at radius 1 is 1.47 bits per heavy atom. The van der Waals surface area contributed by atoms with E-state index in [9.17, 15) is 4.79 Å². The Morgan fingerprint density at radius 3 is 2.82 bits per heavy atom. The molecular weight excluding hydrogens is 234 g/mol. The SMILES string of the molecule is CSc1nccc(-c2cc(C(C)=O)c(C)[nH]2)n1. The quantitative estimate of drug-likeness (QED) is 0.514. The van der Waals surface area contributed by atoms with Crippen LogP contribution in [0.3, 0.4) is 0 Å². The number of aromatic nitrogens is 3. The van der Waals surface area contributed by atoms with Crippen LogP contribution in [-0.4, -0.2) is 27.0 Å². The van der Waals surface area contributed by atoms with Gasteiger partial charge in [0, 0.05) is 17.5 Å². The van der Waals surface area contributed by atoms with Crippen LogP contribution in [0.5, 0.6) is 0 Å². The van der Waals surface area contributed by atoms with Crippen LogP contribution < -0.4 is 0 Å². The van der Waals surface area contributed by atoms with Gasteiger partial charge in [-0.2, -0.15) is 0 Å². The molecule has 0 unspecified atom stereocenters. The van der Waals surface area contributed by atoms with E-state index in [1.807, 2.05) is 25.3 Å². The molecule has 17 heavy (non-hydrogen) atoms. The Bertz CT molecular complexity index is 563. The zero-order valence-electron chi connectivity index (χ0n) is 9.94. The Balaban J connectivity index is 2.46. The lowest BCUT2D eigenvalue weighted by Crippen LogP contribution is -1.90. The van der Waals surface area contributed by atoms with Gasteiger partial charge in [-0.15, -0.1) is 0 Å². The van der Waals surface area contributed by atoms with E-state index in [0.717, 1.165) is 22.2 Å². The molecule has 4 nitrogen and oxygen atoms in total. The summed E-state index contributed by atoms with van der Waals surface area (Å²) in [5, 5.41) is 0.721. The number of hydrogen-bond donors (Lipinski definition) is 1. The molecule has 0 saturated heterocycles. The van der Waals surface area contributed by atoms with Crippen molar-refractivity contribution >= 4 is 17.5 Å². The summed E-state index contributed by atoms with van der Waals surface area (Å²) < 4.78 is 0. The Kier molecular flexibility index (Phi) is 3.28. The molecule has 0 aliphatic carbocycles. The number of nitrogens with zero attached hydrogens (tertiary/aromatic N) is 2. The van der Waals surface area contributed by atoms with Gasteiger partial charge < -0.3 is 4.98 Å². The zero-order chi connectivity index (χ0) is 12.4. The third-order valence-electron chi connectivity index (χ3n) is 2.49. The summed E-state index contributed by atoms with van der Waals surface area (Å²) in [6.07, 6.45) is 3.65. The first-order chi connectivity index (χ1) is 8.11. The fourth-order valence-corrected chi connectivity index (χ4v) is 2.01. The zero-order valence-corrected chi connectivity index (χ0v) is 10.8. The summed E-state index contributed by atoms with van der Waals surface area (Å²) in [6.45, 7) is 3.45. The molecule has 0 bridgehead atoms. The number of aryl methyl sites for hydroxylation is 1. The molecule has 1 N–H and O–H groups in total. The van der Waals surface area contributed by atoms with Gasteiger partial charge in [-0.1, -0.05) is 11.8 Å². The monoisotopic (exact) mass is 247 g/mol. The fraction of sp³-hybridized carbons (Fsp3) is 0.250. The van der Waals surface area contributed by atoms with Crippen LogP contribution in [0.2, 0.25) is 0 Å². The number of H-pyrrole nitrogens is 1. The van der Waals surface area contributed by atoms with Crippen molar-refractivity contribution in [3.63, 3.8) is 0 Å². The molecule has 0 saturated carbocycles. The lowest BCUT2D eigenvalue weighted by molar-refractivity contribution is 0.101. The number of hydrogen-bond acceptors (Lipinski definition) is 4. The van der Waals surface area contributed by atoms with E-state index in [4.69, 9.17) is 0 Å². The van der Waals surface area contributed by atoms with Crippen LogP contribution in [0.25, 0.3) is 11.4 Å². The van der Waals surface area contributed by atoms with E-state index in [1.165, 1.54) is 11.8 Å². The number of ketones is 1. The molecule has 2 aromatic rings. The first kappa shape index (κ1) is 11.9.